The fourth-order valence-corrected chi connectivity index (χ4v) is 2.15. The van der Waals surface area contributed by atoms with E-state index in [9.17, 15) is 5.11 Å². The van der Waals surface area contributed by atoms with Gasteiger partial charge in [-0.05, 0) is 29.7 Å². The molecule has 1 aliphatic rings. The Morgan fingerprint density at radius 2 is 2.19 bits per heavy atom. The lowest BCUT2D eigenvalue weighted by atomic mass is 9.99. The molecule has 4 nitrogen and oxygen atoms in total. The SMILES string of the molecule is Nc1ccc2c(c1)CN(CC(O)CO)CC2. The van der Waals surface area contributed by atoms with E-state index in [2.05, 4.69) is 11.0 Å². The first-order valence-electron chi connectivity index (χ1n) is 5.57. The van der Waals surface area contributed by atoms with Crippen molar-refractivity contribution in [3.05, 3.63) is 29.3 Å². The molecule has 0 aliphatic carbocycles. The van der Waals surface area contributed by atoms with Crippen LogP contribution < -0.4 is 5.73 Å². The first-order valence-corrected chi connectivity index (χ1v) is 5.57. The molecule has 4 heteroatoms. The maximum atomic E-state index is 9.40. The minimum atomic E-state index is -0.650. The minimum absolute atomic E-state index is 0.180. The van der Waals surface area contributed by atoms with E-state index < -0.39 is 6.10 Å². The number of fused-ring (bicyclic) bond motifs is 1. The van der Waals surface area contributed by atoms with Crippen molar-refractivity contribution >= 4 is 5.69 Å². The lowest BCUT2D eigenvalue weighted by molar-refractivity contribution is 0.0551. The third kappa shape index (κ3) is 2.52. The molecule has 1 atom stereocenters. The summed E-state index contributed by atoms with van der Waals surface area (Å²) in [5, 5.41) is 18.2. The lowest BCUT2D eigenvalue weighted by Gasteiger charge is -2.30. The highest BCUT2D eigenvalue weighted by molar-refractivity contribution is 5.45. The molecule has 0 radical (unpaired) electrons. The van der Waals surface area contributed by atoms with Gasteiger partial charge in [0.15, 0.2) is 0 Å². The molecule has 1 unspecified atom stereocenters. The number of anilines is 1. The number of aliphatic hydroxyl groups excluding tert-OH is 2. The molecule has 88 valence electrons. The number of nitrogen functional groups attached to an aromatic ring is 1. The second-order valence-corrected chi connectivity index (χ2v) is 4.35. The van der Waals surface area contributed by atoms with Gasteiger partial charge in [0.1, 0.15) is 0 Å². The van der Waals surface area contributed by atoms with Gasteiger partial charge in [-0.25, -0.2) is 0 Å². The number of hydrogen-bond acceptors (Lipinski definition) is 4. The topological polar surface area (TPSA) is 69.7 Å². The smallest absolute Gasteiger partial charge is 0.0897 e. The third-order valence-corrected chi connectivity index (χ3v) is 3.00. The number of nitrogens with two attached hydrogens (primary N) is 1. The van der Waals surface area contributed by atoms with Gasteiger partial charge in [0.05, 0.1) is 12.7 Å². The second kappa shape index (κ2) is 4.82. The summed E-state index contributed by atoms with van der Waals surface area (Å²) in [4.78, 5) is 2.14. The van der Waals surface area contributed by atoms with Crippen LogP contribution in [-0.4, -0.2) is 40.9 Å². The Hall–Kier alpha value is -1.10. The first-order chi connectivity index (χ1) is 7.69. The molecule has 0 spiro atoms. The molecule has 0 aromatic heterocycles. The predicted molar refractivity (Wildman–Crippen MR) is 62.9 cm³/mol. The molecule has 16 heavy (non-hydrogen) atoms. The van der Waals surface area contributed by atoms with Crippen LogP contribution >= 0.6 is 0 Å². The monoisotopic (exact) mass is 222 g/mol. The van der Waals surface area contributed by atoms with Crippen LogP contribution in [-0.2, 0) is 13.0 Å². The summed E-state index contributed by atoms with van der Waals surface area (Å²) >= 11 is 0. The van der Waals surface area contributed by atoms with Gasteiger partial charge in [0.2, 0.25) is 0 Å². The van der Waals surface area contributed by atoms with Crippen LogP contribution in [0.2, 0.25) is 0 Å². The van der Waals surface area contributed by atoms with E-state index >= 15 is 0 Å². The molecule has 2 rings (SSSR count). The molecule has 0 saturated carbocycles. The van der Waals surface area contributed by atoms with E-state index in [1.807, 2.05) is 12.1 Å². The predicted octanol–water partition coefficient (Wildman–Crippen LogP) is -0.0199. The molecular formula is C12H18N2O2. The number of aliphatic hydroxyl groups is 2. The van der Waals surface area contributed by atoms with Crippen molar-refractivity contribution in [1.29, 1.82) is 0 Å². The van der Waals surface area contributed by atoms with Crippen molar-refractivity contribution in [2.45, 2.75) is 19.1 Å². The number of nitrogens with zero attached hydrogens (tertiary/aromatic N) is 1. The van der Waals surface area contributed by atoms with E-state index in [0.717, 1.165) is 25.2 Å². The number of rotatable bonds is 3. The molecule has 1 aromatic rings. The van der Waals surface area contributed by atoms with Crippen LogP contribution in [0.15, 0.2) is 18.2 Å². The Morgan fingerprint density at radius 3 is 2.94 bits per heavy atom. The van der Waals surface area contributed by atoms with Crippen LogP contribution in [0, 0.1) is 0 Å². The molecule has 0 bridgehead atoms. The summed E-state index contributed by atoms with van der Waals surface area (Å²) in [6.45, 7) is 2.07. The van der Waals surface area contributed by atoms with Crippen LogP contribution in [0.1, 0.15) is 11.1 Å². The largest absolute Gasteiger partial charge is 0.399 e. The molecule has 1 aromatic carbocycles. The summed E-state index contributed by atoms with van der Waals surface area (Å²) < 4.78 is 0. The highest BCUT2D eigenvalue weighted by Gasteiger charge is 2.18. The highest BCUT2D eigenvalue weighted by atomic mass is 16.3. The lowest BCUT2D eigenvalue weighted by Crippen LogP contribution is -2.37. The van der Waals surface area contributed by atoms with Crippen LogP contribution in [0.3, 0.4) is 0 Å². The fraction of sp³-hybridized carbons (Fsp3) is 0.500. The number of hydrogen-bond donors (Lipinski definition) is 3. The standard InChI is InChI=1S/C12H18N2O2/c13-11-2-1-9-3-4-14(6-10(9)5-11)7-12(16)8-15/h1-2,5,12,15-16H,3-4,6-8,13H2. The Labute approximate surface area is 95.3 Å². The van der Waals surface area contributed by atoms with Gasteiger partial charge in [-0.3, -0.25) is 4.90 Å². The number of β-amino-alcohol motifs (C(OH)–C–C–N with tert-alkyl or cyclic N) is 1. The zero-order chi connectivity index (χ0) is 11.5. The average Bonchev–Trinajstić information content (AvgIpc) is 2.28. The average molecular weight is 222 g/mol. The Bertz CT molecular complexity index is 368. The Morgan fingerprint density at radius 1 is 1.38 bits per heavy atom. The van der Waals surface area contributed by atoms with E-state index in [-0.39, 0.29) is 6.61 Å². The second-order valence-electron chi connectivity index (χ2n) is 4.35. The summed E-state index contributed by atoms with van der Waals surface area (Å²) in [5.41, 5.74) is 9.10. The molecule has 1 heterocycles. The normalized spacial score (nSPS) is 18.1. The third-order valence-electron chi connectivity index (χ3n) is 3.00. The first kappa shape index (κ1) is 11.4. The van der Waals surface area contributed by atoms with Gasteiger partial charge in [0.25, 0.3) is 0 Å². The molecule has 0 fully saturated rings. The molecule has 0 saturated heterocycles. The van der Waals surface area contributed by atoms with E-state index in [4.69, 9.17) is 10.8 Å². The van der Waals surface area contributed by atoms with Gasteiger partial charge in [-0.15, -0.1) is 0 Å². The van der Waals surface area contributed by atoms with Crippen molar-refractivity contribution in [1.82, 2.24) is 4.90 Å². The summed E-state index contributed by atoms with van der Waals surface area (Å²) in [5.74, 6) is 0. The molecule has 4 N–H and O–H groups in total. The van der Waals surface area contributed by atoms with Gasteiger partial charge in [0, 0.05) is 25.3 Å². The van der Waals surface area contributed by atoms with Crippen LogP contribution in [0.25, 0.3) is 0 Å². The van der Waals surface area contributed by atoms with Crippen molar-refractivity contribution in [3.63, 3.8) is 0 Å². The summed E-state index contributed by atoms with van der Waals surface area (Å²) in [7, 11) is 0. The number of benzene rings is 1. The fourth-order valence-electron chi connectivity index (χ4n) is 2.15. The minimum Gasteiger partial charge on any atom is -0.399 e. The van der Waals surface area contributed by atoms with E-state index in [1.54, 1.807) is 0 Å². The van der Waals surface area contributed by atoms with Crippen LogP contribution in [0.5, 0.6) is 0 Å². The zero-order valence-corrected chi connectivity index (χ0v) is 9.26. The maximum absolute atomic E-state index is 9.40. The highest BCUT2D eigenvalue weighted by Crippen LogP contribution is 2.21. The maximum Gasteiger partial charge on any atom is 0.0897 e. The van der Waals surface area contributed by atoms with Gasteiger partial charge >= 0.3 is 0 Å². The Balaban J connectivity index is 2.05. The Kier molecular flexibility index (Phi) is 3.43. The van der Waals surface area contributed by atoms with Gasteiger partial charge in [-0.2, -0.15) is 0 Å². The summed E-state index contributed by atoms with van der Waals surface area (Å²) in [6, 6.07) is 5.99. The zero-order valence-electron chi connectivity index (χ0n) is 9.26. The quantitative estimate of drug-likeness (QED) is 0.629. The van der Waals surface area contributed by atoms with Crippen molar-refractivity contribution in [3.8, 4) is 0 Å². The van der Waals surface area contributed by atoms with Crippen molar-refractivity contribution in [2.24, 2.45) is 0 Å². The van der Waals surface area contributed by atoms with Crippen LogP contribution in [0.4, 0.5) is 5.69 Å². The molecule has 0 amide bonds. The molecule has 1 aliphatic heterocycles. The van der Waals surface area contributed by atoms with Gasteiger partial charge in [-0.1, -0.05) is 6.07 Å². The molecular weight excluding hydrogens is 204 g/mol. The van der Waals surface area contributed by atoms with E-state index in [0.29, 0.717) is 6.54 Å². The summed E-state index contributed by atoms with van der Waals surface area (Å²) in [6.07, 6.45) is 0.330. The van der Waals surface area contributed by atoms with Crippen molar-refractivity contribution in [2.75, 3.05) is 25.4 Å². The van der Waals surface area contributed by atoms with Gasteiger partial charge < -0.3 is 15.9 Å². The van der Waals surface area contributed by atoms with Crippen molar-refractivity contribution < 1.29 is 10.2 Å². The van der Waals surface area contributed by atoms with E-state index in [1.165, 1.54) is 11.1 Å².